The number of aromatic nitrogens is 1. The average Bonchev–Trinajstić information content (AvgIpc) is 2.48. The van der Waals surface area contributed by atoms with Crippen molar-refractivity contribution in [2.75, 3.05) is 17.2 Å². The topological polar surface area (TPSA) is 54.0 Å². The van der Waals surface area contributed by atoms with Gasteiger partial charge in [0, 0.05) is 12.7 Å². The van der Waals surface area contributed by atoms with Crippen molar-refractivity contribution in [3.8, 4) is 0 Å². The largest absolute Gasteiger partial charge is 0.368 e. The van der Waals surface area contributed by atoms with Crippen LogP contribution in [-0.2, 0) is 0 Å². The van der Waals surface area contributed by atoms with E-state index in [2.05, 4.69) is 15.6 Å². The van der Waals surface area contributed by atoms with Crippen LogP contribution in [0.3, 0.4) is 0 Å². The number of para-hydroxylation sites is 1. The Kier molecular flexibility index (Phi) is 4.81. The fourth-order valence-corrected chi connectivity index (χ4v) is 1.74. The molecule has 6 heteroatoms. The van der Waals surface area contributed by atoms with Gasteiger partial charge in [-0.25, -0.2) is 13.8 Å². The van der Waals surface area contributed by atoms with Gasteiger partial charge in [0.2, 0.25) is 0 Å². The van der Waals surface area contributed by atoms with Crippen molar-refractivity contribution in [3.05, 3.63) is 53.7 Å². The Bertz CT molecular complexity index is 647. The third-order valence-electron chi connectivity index (χ3n) is 2.80. The molecule has 0 aliphatic heterocycles. The molecule has 0 aliphatic carbocycles. The zero-order chi connectivity index (χ0) is 15.2. The summed E-state index contributed by atoms with van der Waals surface area (Å²) in [4.78, 5) is 15.9. The zero-order valence-electron chi connectivity index (χ0n) is 11.5. The minimum atomic E-state index is -0.750. The Morgan fingerprint density at radius 1 is 1.24 bits per heavy atom. The highest BCUT2D eigenvalue weighted by Gasteiger charge is 2.17. The van der Waals surface area contributed by atoms with Gasteiger partial charge in [-0.15, -0.1) is 0 Å². The van der Waals surface area contributed by atoms with E-state index >= 15 is 0 Å². The molecule has 0 aliphatic rings. The van der Waals surface area contributed by atoms with E-state index in [4.69, 9.17) is 0 Å². The number of pyridine rings is 1. The van der Waals surface area contributed by atoms with E-state index in [-0.39, 0.29) is 17.1 Å². The van der Waals surface area contributed by atoms with Gasteiger partial charge in [0.15, 0.2) is 11.6 Å². The summed E-state index contributed by atoms with van der Waals surface area (Å²) in [6.07, 6.45) is 2.13. The fraction of sp³-hybridized carbons (Fsp3) is 0.200. The zero-order valence-corrected chi connectivity index (χ0v) is 11.5. The Hall–Kier alpha value is -2.50. The van der Waals surface area contributed by atoms with Gasteiger partial charge in [-0.2, -0.15) is 0 Å². The van der Waals surface area contributed by atoms with E-state index in [0.29, 0.717) is 6.54 Å². The molecule has 2 N–H and O–H groups in total. The van der Waals surface area contributed by atoms with Gasteiger partial charge in [-0.1, -0.05) is 19.1 Å². The van der Waals surface area contributed by atoms with Crippen molar-refractivity contribution in [2.24, 2.45) is 0 Å². The Morgan fingerprint density at radius 3 is 2.71 bits per heavy atom. The summed E-state index contributed by atoms with van der Waals surface area (Å²) in [6.45, 7) is 2.47. The normalized spacial score (nSPS) is 10.2. The number of carbonyl (C=O) groups excluding carboxylic acids is 1. The Labute approximate surface area is 121 Å². The van der Waals surface area contributed by atoms with Crippen molar-refractivity contribution >= 4 is 17.4 Å². The summed E-state index contributed by atoms with van der Waals surface area (Å²) < 4.78 is 27.6. The molecule has 21 heavy (non-hydrogen) atoms. The van der Waals surface area contributed by atoms with Crippen LogP contribution in [0.5, 0.6) is 0 Å². The number of anilines is 2. The summed E-state index contributed by atoms with van der Waals surface area (Å²) in [5, 5.41) is 5.13. The first kappa shape index (κ1) is 14.9. The lowest BCUT2D eigenvalue weighted by Gasteiger charge is -2.10. The molecule has 0 unspecified atom stereocenters. The number of rotatable bonds is 5. The molecule has 0 saturated carbocycles. The molecule has 1 amide bonds. The molecule has 1 heterocycles. The van der Waals surface area contributed by atoms with E-state index in [1.54, 1.807) is 6.07 Å². The first-order valence-electron chi connectivity index (χ1n) is 6.57. The molecule has 0 fully saturated rings. The van der Waals surface area contributed by atoms with Crippen LogP contribution in [-0.4, -0.2) is 17.4 Å². The molecule has 4 nitrogen and oxygen atoms in total. The summed E-state index contributed by atoms with van der Waals surface area (Å²) in [7, 11) is 0. The highest BCUT2D eigenvalue weighted by Crippen LogP contribution is 2.18. The van der Waals surface area contributed by atoms with Crippen LogP contribution < -0.4 is 10.6 Å². The molecule has 0 atom stereocenters. The molecule has 110 valence electrons. The maximum absolute atomic E-state index is 14.2. The van der Waals surface area contributed by atoms with Crippen LogP contribution in [0.1, 0.15) is 23.7 Å². The lowest BCUT2D eigenvalue weighted by Crippen LogP contribution is -2.16. The number of halogens is 2. The lowest BCUT2D eigenvalue weighted by atomic mass is 10.2. The summed E-state index contributed by atoms with van der Waals surface area (Å²) in [6, 6.07) is 6.96. The van der Waals surface area contributed by atoms with Crippen molar-refractivity contribution in [1.29, 1.82) is 0 Å². The van der Waals surface area contributed by atoms with Gasteiger partial charge in [0.25, 0.3) is 5.91 Å². The van der Waals surface area contributed by atoms with Crippen molar-refractivity contribution in [2.45, 2.75) is 13.3 Å². The summed E-state index contributed by atoms with van der Waals surface area (Å²) in [5.74, 6) is -2.04. The van der Waals surface area contributed by atoms with Gasteiger partial charge in [-0.3, -0.25) is 4.79 Å². The molecule has 0 radical (unpaired) electrons. The molecule has 0 spiro atoms. The monoisotopic (exact) mass is 291 g/mol. The molecule has 2 aromatic rings. The van der Waals surface area contributed by atoms with E-state index in [1.807, 2.05) is 6.92 Å². The number of nitrogens with one attached hydrogen (secondary N) is 2. The van der Waals surface area contributed by atoms with Crippen molar-refractivity contribution in [3.63, 3.8) is 0 Å². The first-order chi connectivity index (χ1) is 10.1. The molecule has 2 rings (SSSR count). The van der Waals surface area contributed by atoms with Gasteiger partial charge < -0.3 is 10.6 Å². The predicted molar refractivity (Wildman–Crippen MR) is 77.3 cm³/mol. The number of hydrogen-bond acceptors (Lipinski definition) is 3. The van der Waals surface area contributed by atoms with Crippen LogP contribution in [0.2, 0.25) is 0 Å². The van der Waals surface area contributed by atoms with Gasteiger partial charge in [0.05, 0.1) is 11.3 Å². The van der Waals surface area contributed by atoms with Crippen LogP contribution in [0, 0.1) is 11.6 Å². The van der Waals surface area contributed by atoms with Crippen LogP contribution >= 0.6 is 0 Å². The smallest absolute Gasteiger partial charge is 0.258 e. The van der Waals surface area contributed by atoms with Crippen molar-refractivity contribution in [1.82, 2.24) is 4.98 Å². The minimum absolute atomic E-state index is 0.00165. The first-order valence-corrected chi connectivity index (χ1v) is 6.57. The van der Waals surface area contributed by atoms with Gasteiger partial charge in [-0.05, 0) is 24.6 Å². The second-order valence-corrected chi connectivity index (χ2v) is 4.38. The van der Waals surface area contributed by atoms with Crippen LogP contribution in [0.15, 0.2) is 36.5 Å². The van der Waals surface area contributed by atoms with Crippen LogP contribution in [0.4, 0.5) is 20.3 Å². The van der Waals surface area contributed by atoms with E-state index in [0.717, 1.165) is 6.42 Å². The van der Waals surface area contributed by atoms with Crippen molar-refractivity contribution < 1.29 is 13.6 Å². The Morgan fingerprint density at radius 2 is 2.00 bits per heavy atom. The molecule has 1 aromatic carbocycles. The third kappa shape index (κ3) is 3.53. The summed E-state index contributed by atoms with van der Waals surface area (Å²) in [5.41, 5.74) is -0.186. The fourth-order valence-electron chi connectivity index (χ4n) is 1.74. The van der Waals surface area contributed by atoms with E-state index in [1.165, 1.54) is 30.5 Å². The van der Waals surface area contributed by atoms with Gasteiger partial charge in [0.1, 0.15) is 5.82 Å². The molecule has 0 bridgehead atoms. The lowest BCUT2D eigenvalue weighted by molar-refractivity contribution is 0.102. The second kappa shape index (κ2) is 6.78. The number of hydrogen-bond donors (Lipinski definition) is 2. The number of amides is 1. The maximum Gasteiger partial charge on any atom is 0.258 e. The highest BCUT2D eigenvalue weighted by atomic mass is 19.1. The number of nitrogens with zero attached hydrogens (tertiary/aromatic N) is 1. The quantitative estimate of drug-likeness (QED) is 0.887. The highest BCUT2D eigenvalue weighted by molar-refractivity contribution is 6.04. The predicted octanol–water partition coefficient (Wildman–Crippen LogP) is 3.43. The standard InChI is InChI=1S/C15H15F2N3O/c1-2-8-18-14-13(17)10(7-9-19-14)15(21)20-12-6-4-3-5-11(12)16/h3-7,9H,2,8H2,1H3,(H,18,19)(H,20,21). The van der Waals surface area contributed by atoms with E-state index < -0.39 is 17.5 Å². The number of benzene rings is 1. The second-order valence-electron chi connectivity index (χ2n) is 4.38. The van der Waals surface area contributed by atoms with Crippen LogP contribution in [0.25, 0.3) is 0 Å². The Balaban J connectivity index is 2.21. The SMILES string of the molecule is CCCNc1nccc(C(=O)Nc2ccccc2F)c1F. The third-order valence-corrected chi connectivity index (χ3v) is 2.80. The molecule has 0 saturated heterocycles. The average molecular weight is 291 g/mol. The number of carbonyl (C=O) groups is 1. The summed E-state index contributed by atoms with van der Waals surface area (Å²) >= 11 is 0. The molecular weight excluding hydrogens is 276 g/mol. The molecular formula is C15H15F2N3O. The molecule has 1 aromatic heterocycles. The minimum Gasteiger partial charge on any atom is -0.368 e. The van der Waals surface area contributed by atoms with Gasteiger partial charge >= 0.3 is 0 Å². The van der Waals surface area contributed by atoms with E-state index in [9.17, 15) is 13.6 Å². The maximum atomic E-state index is 14.2.